The van der Waals surface area contributed by atoms with Crippen molar-refractivity contribution in [3.05, 3.63) is 297 Å². The molecule has 12 rings (SSSR count). The van der Waals surface area contributed by atoms with Crippen LogP contribution < -0.4 is 31.8 Å². The zero-order chi connectivity index (χ0) is 61.8. The summed E-state index contributed by atoms with van der Waals surface area (Å²) in [6, 6.07) is 97.8. The van der Waals surface area contributed by atoms with E-state index < -0.39 is 31.5 Å². The number of nitriles is 1. The van der Waals surface area contributed by atoms with E-state index in [9.17, 15) is 50.4 Å². The minimum absolute atomic E-state index is 0. The van der Waals surface area contributed by atoms with Gasteiger partial charge >= 0.3 is 85.5 Å². The molecule has 7 aromatic carbocycles. The largest absolute Gasteiger partial charge is 2.00 e. The second-order valence-corrected chi connectivity index (χ2v) is 27.0. The van der Waals surface area contributed by atoms with Crippen LogP contribution >= 0.6 is 31.5 Å². The van der Waals surface area contributed by atoms with Crippen LogP contribution in [0.15, 0.2) is 291 Å². The van der Waals surface area contributed by atoms with Crippen LogP contribution in [0.25, 0.3) is 44.8 Å². The van der Waals surface area contributed by atoms with E-state index in [4.69, 9.17) is 10.2 Å². The minimum atomic E-state index is -10.7. The fraction of sp³-hybridized carbons (Fsp3) is 0. The first-order valence-corrected chi connectivity index (χ1v) is 32.7. The Morgan fingerprint density at radius 2 is 0.517 bits per heavy atom. The number of halogens is 12. The number of nitrogens with zero attached hydrogens (tertiary/aromatic N) is 6. The van der Waals surface area contributed by atoms with Gasteiger partial charge < -0.3 is 0 Å². The van der Waals surface area contributed by atoms with E-state index in [1.807, 2.05) is 91.0 Å². The average Bonchev–Trinajstić information content (AvgIpc) is 3.23. The van der Waals surface area contributed by atoms with Gasteiger partial charge in [-0.2, -0.15) is 5.26 Å². The molecule has 0 saturated heterocycles. The summed E-state index contributed by atoms with van der Waals surface area (Å²) < 4.78 is 118. The minimum Gasteiger partial charge on any atom is -0.245 e. The van der Waals surface area contributed by atoms with Crippen LogP contribution in [0.5, 0.6) is 0 Å². The average molecular weight is 1360 g/mol. The quantitative estimate of drug-likeness (QED) is 0.0856. The standard InChI is InChI=1S/C21H13N5.2C18H15P.C7H5N.2F6P.Ru/c1-6-16(18-10-8-14-4-2-12-22-20(14)25-18)24-17(7-1)19-11-9-15-5-3-13-23-21(15)26-19;2*1-4-10-16(11-5-1)19(17-12-6-2-7-13-17)18-14-8-3-9-15-18;8-6-7-4-2-1-3-5-7;2*1-7(2,3,4,5)6;/h1-13H;2*1-15H;1-5H;;;/q;;;;2*-1;+2/p+2. The van der Waals surface area contributed by atoms with Crippen LogP contribution in [-0.4, -0.2) is 24.9 Å². The SMILES string of the molecule is F[P-](F)(F)(F)(F)F.F[P-](F)(F)(F)(F)F.N#Cc1ccccc1.[Ru+2].c1cc(-c2ccc3cccnc3n2)nc(-c2ccc3cccnc3n2)c1.c1ccc([PH+](c2ccccc2)c2ccccc2)cc1.c1ccc([PH+](c2ccccc2)c2ccccc2)cc1. The molecule has 0 aliphatic heterocycles. The summed E-state index contributed by atoms with van der Waals surface area (Å²) >= 11 is 0. The zero-order valence-electron chi connectivity index (χ0n) is 45.2. The summed E-state index contributed by atoms with van der Waals surface area (Å²) in [6.45, 7) is 0. The van der Waals surface area contributed by atoms with Crippen molar-refractivity contribution in [2.45, 2.75) is 0 Å². The molecule has 23 heteroatoms. The number of hydrogen-bond acceptors (Lipinski definition) is 6. The van der Waals surface area contributed by atoms with E-state index in [0.717, 1.165) is 33.5 Å². The molecule has 6 nitrogen and oxygen atoms in total. The molecule has 5 heterocycles. The number of pyridine rings is 5. The van der Waals surface area contributed by atoms with Crippen LogP contribution in [0.2, 0.25) is 0 Å². The molecule has 0 bridgehead atoms. The van der Waals surface area contributed by atoms with Crippen LogP contribution in [0.1, 0.15) is 5.56 Å². The van der Waals surface area contributed by atoms with Gasteiger partial charge in [0.15, 0.2) is 11.3 Å². The maximum absolute atomic E-state index is 10.7. The Labute approximate surface area is 508 Å². The summed E-state index contributed by atoms with van der Waals surface area (Å²) in [5.74, 6) is 0. The molecule has 87 heavy (non-hydrogen) atoms. The van der Waals surface area contributed by atoms with E-state index in [0.29, 0.717) is 16.9 Å². The molecule has 0 aliphatic carbocycles. The van der Waals surface area contributed by atoms with Crippen molar-refractivity contribution in [2.24, 2.45) is 0 Å². The van der Waals surface area contributed by atoms with Gasteiger partial charge in [0, 0.05) is 23.2 Å². The summed E-state index contributed by atoms with van der Waals surface area (Å²) in [7, 11) is -23.1. The molecule has 0 saturated carbocycles. The molecule has 0 N–H and O–H groups in total. The topological polar surface area (TPSA) is 88.2 Å². The smallest absolute Gasteiger partial charge is 0.245 e. The Morgan fingerprint density at radius 1 is 0.276 bits per heavy atom. The summed E-state index contributed by atoms with van der Waals surface area (Å²) in [4.78, 5) is 22.6. The zero-order valence-corrected chi connectivity index (χ0v) is 50.7. The molecule has 446 valence electrons. The third-order valence-corrected chi connectivity index (χ3v) is 16.9. The Balaban J connectivity index is 0.000000179. The van der Waals surface area contributed by atoms with E-state index in [-0.39, 0.29) is 19.5 Å². The van der Waals surface area contributed by atoms with Gasteiger partial charge in [0.25, 0.3) is 0 Å². The monoisotopic (exact) mass is 1360 g/mol. The number of fused-ring (bicyclic) bond motifs is 2. The first kappa shape index (κ1) is 67.9. The molecular weight excluding hydrogens is 1310 g/mol. The van der Waals surface area contributed by atoms with Crippen LogP contribution in [0.3, 0.4) is 0 Å². The molecule has 0 aliphatic rings. The molecule has 12 aromatic rings. The van der Waals surface area contributed by atoms with Gasteiger partial charge in [0.2, 0.25) is 0 Å². The fourth-order valence-electron chi connectivity index (χ4n) is 8.05. The molecular formula is C64H50F12N6P4Ru+2. The molecule has 0 radical (unpaired) electrons. The van der Waals surface area contributed by atoms with Gasteiger partial charge in [-0.1, -0.05) is 133 Å². The van der Waals surface area contributed by atoms with Crippen molar-refractivity contribution in [1.82, 2.24) is 24.9 Å². The Hall–Kier alpha value is -8.20. The Morgan fingerprint density at radius 3 is 0.759 bits per heavy atom. The van der Waals surface area contributed by atoms with Gasteiger partial charge in [0.1, 0.15) is 31.8 Å². The van der Waals surface area contributed by atoms with Gasteiger partial charge in [-0.15, -0.1) is 0 Å². The number of benzene rings is 7. The molecule has 0 fully saturated rings. The third kappa shape index (κ3) is 25.7. The Kier molecular flexibility index (Phi) is 22.3. The second kappa shape index (κ2) is 28.5. The van der Waals surface area contributed by atoms with E-state index in [1.54, 1.807) is 24.5 Å². The van der Waals surface area contributed by atoms with Crippen molar-refractivity contribution in [3.8, 4) is 28.8 Å². The van der Waals surface area contributed by atoms with E-state index >= 15 is 0 Å². The fourth-order valence-corrected chi connectivity index (χ4v) is 13.2. The predicted molar refractivity (Wildman–Crippen MR) is 333 cm³/mol. The van der Waals surface area contributed by atoms with Gasteiger partial charge in [-0.25, -0.2) is 24.9 Å². The normalized spacial score (nSPS) is 12.4. The van der Waals surface area contributed by atoms with Crippen LogP contribution in [-0.2, 0) is 19.5 Å². The first-order valence-electron chi connectivity index (χ1n) is 25.7. The molecule has 0 unspecified atom stereocenters. The molecule has 5 aromatic heterocycles. The Bertz CT molecular complexity index is 3670. The van der Waals surface area contributed by atoms with Crippen molar-refractivity contribution in [2.75, 3.05) is 0 Å². The van der Waals surface area contributed by atoms with Gasteiger partial charge in [-0.3, -0.25) is 0 Å². The van der Waals surface area contributed by atoms with Crippen molar-refractivity contribution in [1.29, 1.82) is 5.26 Å². The van der Waals surface area contributed by atoms with Gasteiger partial charge in [0.05, 0.1) is 50.3 Å². The number of aromatic nitrogens is 5. The maximum Gasteiger partial charge on any atom is 2.00 e. The third-order valence-electron chi connectivity index (χ3n) is 11.5. The number of rotatable bonds is 8. The summed E-state index contributed by atoms with van der Waals surface area (Å²) in [5, 5.41) is 18.9. The molecule has 0 atom stereocenters. The van der Waals surface area contributed by atoms with Crippen molar-refractivity contribution in [3.63, 3.8) is 0 Å². The van der Waals surface area contributed by atoms with Gasteiger partial charge in [-0.05, 0) is 146 Å². The van der Waals surface area contributed by atoms with Crippen LogP contribution in [0, 0.1) is 11.3 Å². The summed E-state index contributed by atoms with van der Waals surface area (Å²) in [6.07, 6.45) is 3.49. The van der Waals surface area contributed by atoms with Crippen molar-refractivity contribution >= 4 is 85.4 Å². The van der Waals surface area contributed by atoms with E-state index in [1.165, 1.54) is 31.8 Å². The second-order valence-electron chi connectivity index (χ2n) is 18.2. The molecule has 0 amide bonds. The van der Waals surface area contributed by atoms with E-state index in [2.05, 4.69) is 202 Å². The van der Waals surface area contributed by atoms with Crippen LogP contribution in [0.4, 0.5) is 50.4 Å². The first-order chi connectivity index (χ1) is 40.6. The maximum atomic E-state index is 9.87. The predicted octanol–water partition coefficient (Wildman–Crippen LogP) is 19.0. The summed E-state index contributed by atoms with van der Waals surface area (Å²) in [5.41, 5.74) is 5.30. The number of hydrogen-bond donors (Lipinski definition) is 0. The van der Waals surface area contributed by atoms with Crippen molar-refractivity contribution < 1.29 is 69.8 Å². The molecule has 0 spiro atoms.